The van der Waals surface area contributed by atoms with Gasteiger partial charge in [-0.2, -0.15) is 5.01 Å². The van der Waals surface area contributed by atoms with Gasteiger partial charge in [-0.15, -0.1) is 0 Å². The van der Waals surface area contributed by atoms with Crippen molar-refractivity contribution in [2.24, 2.45) is 0 Å². The van der Waals surface area contributed by atoms with Crippen LogP contribution in [0.3, 0.4) is 0 Å². The number of rotatable bonds is 7. The van der Waals surface area contributed by atoms with E-state index in [0.717, 1.165) is 21.7 Å². The van der Waals surface area contributed by atoms with Crippen molar-refractivity contribution >= 4 is 17.8 Å². The molecule has 4 amide bonds. The predicted molar refractivity (Wildman–Crippen MR) is 121 cm³/mol. The van der Waals surface area contributed by atoms with Crippen molar-refractivity contribution in [1.82, 2.24) is 15.8 Å². The number of nitrogens with one attached hydrogen (secondary N) is 2. The lowest BCUT2D eigenvalue weighted by Crippen LogP contribution is -2.50. The number of carbonyl (C=O) groups is 3. The van der Waals surface area contributed by atoms with E-state index in [4.69, 9.17) is 0 Å². The fraction of sp³-hybridized carbons (Fsp3) is 0.192. The molecule has 4 rings (SSSR count). The van der Waals surface area contributed by atoms with E-state index in [-0.39, 0.29) is 0 Å². The zero-order chi connectivity index (χ0) is 22.6. The maximum Gasteiger partial charge on any atom is 0.344 e. The minimum absolute atomic E-state index is 0.425. The monoisotopic (exact) mass is 427 g/mol. The van der Waals surface area contributed by atoms with Crippen molar-refractivity contribution in [3.63, 3.8) is 0 Å². The molecule has 6 nitrogen and oxygen atoms in total. The second-order valence-electron chi connectivity index (χ2n) is 8.12. The lowest BCUT2D eigenvalue weighted by Gasteiger charge is -2.23. The van der Waals surface area contributed by atoms with Crippen LogP contribution >= 0.6 is 0 Å². The quantitative estimate of drug-likeness (QED) is 0.563. The summed E-state index contributed by atoms with van der Waals surface area (Å²) in [4.78, 5) is 39.0. The number of hydrogen-bond acceptors (Lipinski definition) is 3. The second kappa shape index (κ2) is 9.06. The molecule has 1 fully saturated rings. The number of benzene rings is 3. The lowest BCUT2D eigenvalue weighted by atomic mass is 9.90. The molecule has 0 aliphatic carbocycles. The highest BCUT2D eigenvalue weighted by Gasteiger charge is 2.48. The number of nitrogens with zero attached hydrogens (tertiary/aromatic N) is 1. The summed E-state index contributed by atoms with van der Waals surface area (Å²) in [5.74, 6) is -1.57. The molecule has 0 unspecified atom stereocenters. The highest BCUT2D eigenvalue weighted by Crippen LogP contribution is 2.27. The van der Waals surface area contributed by atoms with Crippen LogP contribution < -0.4 is 10.7 Å². The minimum Gasteiger partial charge on any atom is -0.322 e. The van der Waals surface area contributed by atoms with E-state index in [0.29, 0.717) is 12.8 Å². The topological polar surface area (TPSA) is 78.5 Å². The summed E-state index contributed by atoms with van der Waals surface area (Å²) >= 11 is 0. The maximum atomic E-state index is 13.3. The van der Waals surface area contributed by atoms with Gasteiger partial charge in [-0.3, -0.25) is 15.0 Å². The molecule has 1 saturated heterocycles. The fourth-order valence-corrected chi connectivity index (χ4v) is 3.96. The van der Waals surface area contributed by atoms with Crippen LogP contribution in [0.2, 0.25) is 0 Å². The van der Waals surface area contributed by atoms with Crippen LogP contribution in [0.25, 0.3) is 0 Å². The third-order valence-corrected chi connectivity index (χ3v) is 5.77. The van der Waals surface area contributed by atoms with E-state index in [9.17, 15) is 14.4 Å². The molecule has 0 spiro atoms. The molecule has 2 N–H and O–H groups in total. The van der Waals surface area contributed by atoms with Crippen LogP contribution in [0.15, 0.2) is 91.0 Å². The summed E-state index contributed by atoms with van der Waals surface area (Å²) in [5.41, 5.74) is 4.10. The van der Waals surface area contributed by atoms with Gasteiger partial charge in [-0.1, -0.05) is 91.0 Å². The lowest BCUT2D eigenvalue weighted by molar-refractivity contribution is -0.139. The number of urea groups is 1. The first-order chi connectivity index (χ1) is 15.5. The SMILES string of the molecule is C[C@]1(CCc2ccccc2)NC(=O)N(NC(=O)C(c2ccccc2)c2ccccc2)C1=O. The molecule has 3 aromatic rings. The Morgan fingerprint density at radius 3 is 1.91 bits per heavy atom. The molecular weight excluding hydrogens is 402 g/mol. The number of hydrazine groups is 1. The number of hydrogen-bond donors (Lipinski definition) is 2. The Morgan fingerprint density at radius 1 is 0.875 bits per heavy atom. The molecule has 6 heteroatoms. The van der Waals surface area contributed by atoms with Gasteiger partial charge in [-0.25, -0.2) is 4.79 Å². The van der Waals surface area contributed by atoms with Gasteiger partial charge in [0, 0.05) is 0 Å². The van der Waals surface area contributed by atoms with Crippen molar-refractivity contribution in [1.29, 1.82) is 0 Å². The Hall–Kier alpha value is -3.93. The number of amides is 4. The Balaban J connectivity index is 1.52. The van der Waals surface area contributed by atoms with E-state index < -0.39 is 29.3 Å². The van der Waals surface area contributed by atoms with Gasteiger partial charge in [0.25, 0.3) is 11.8 Å². The number of aryl methyl sites for hydroxylation is 1. The van der Waals surface area contributed by atoms with Gasteiger partial charge < -0.3 is 5.32 Å². The smallest absolute Gasteiger partial charge is 0.322 e. The molecule has 1 aliphatic rings. The first-order valence-corrected chi connectivity index (χ1v) is 10.6. The zero-order valence-electron chi connectivity index (χ0n) is 17.8. The Labute approximate surface area is 187 Å². The normalized spacial score (nSPS) is 18.0. The summed E-state index contributed by atoms with van der Waals surface area (Å²) < 4.78 is 0. The Bertz CT molecular complexity index is 1060. The van der Waals surface area contributed by atoms with E-state index in [1.807, 2.05) is 91.0 Å². The first kappa shape index (κ1) is 21.3. The van der Waals surface area contributed by atoms with Gasteiger partial charge >= 0.3 is 6.03 Å². The standard InChI is InChI=1S/C26H25N3O3/c1-26(18-17-19-11-5-2-6-12-19)24(31)29(25(32)27-26)28-23(30)22(20-13-7-3-8-14-20)21-15-9-4-10-16-21/h2-16,22H,17-18H2,1H3,(H,27,32)(H,28,30)/t26-/m1/s1. The molecule has 32 heavy (non-hydrogen) atoms. The van der Waals surface area contributed by atoms with Crippen molar-refractivity contribution in [3.05, 3.63) is 108 Å². The van der Waals surface area contributed by atoms with E-state index in [1.54, 1.807) is 6.92 Å². The van der Waals surface area contributed by atoms with Crippen molar-refractivity contribution in [3.8, 4) is 0 Å². The largest absolute Gasteiger partial charge is 0.344 e. The van der Waals surface area contributed by atoms with E-state index in [1.165, 1.54) is 0 Å². The maximum absolute atomic E-state index is 13.3. The molecule has 0 aromatic heterocycles. The Kier molecular flexibility index (Phi) is 6.03. The predicted octanol–water partition coefficient (Wildman–Crippen LogP) is 3.79. The summed E-state index contributed by atoms with van der Waals surface area (Å²) in [6.07, 6.45) is 1.05. The zero-order valence-corrected chi connectivity index (χ0v) is 17.8. The van der Waals surface area contributed by atoms with Crippen molar-refractivity contribution in [2.75, 3.05) is 0 Å². The fourth-order valence-electron chi connectivity index (χ4n) is 3.96. The van der Waals surface area contributed by atoms with Gasteiger partial charge in [0.1, 0.15) is 5.54 Å². The van der Waals surface area contributed by atoms with E-state index >= 15 is 0 Å². The highest BCUT2D eigenvalue weighted by molar-refractivity contribution is 6.08. The van der Waals surface area contributed by atoms with Crippen LogP contribution in [-0.4, -0.2) is 28.4 Å². The minimum atomic E-state index is -1.09. The van der Waals surface area contributed by atoms with Gasteiger partial charge in [0.2, 0.25) is 0 Å². The molecule has 1 heterocycles. The second-order valence-corrected chi connectivity index (χ2v) is 8.12. The average Bonchev–Trinajstić information content (AvgIpc) is 3.03. The van der Waals surface area contributed by atoms with Gasteiger partial charge in [0.15, 0.2) is 0 Å². The number of carbonyl (C=O) groups excluding carboxylic acids is 3. The van der Waals surface area contributed by atoms with Gasteiger partial charge in [0.05, 0.1) is 5.92 Å². The third-order valence-electron chi connectivity index (χ3n) is 5.77. The van der Waals surface area contributed by atoms with Gasteiger partial charge in [-0.05, 0) is 36.5 Å². The molecule has 0 saturated carbocycles. The molecule has 0 radical (unpaired) electrons. The Morgan fingerprint density at radius 2 is 1.38 bits per heavy atom. The van der Waals surface area contributed by atoms with Crippen LogP contribution in [-0.2, 0) is 16.0 Å². The van der Waals surface area contributed by atoms with Crippen LogP contribution in [0.1, 0.15) is 36.0 Å². The summed E-state index contributed by atoms with van der Waals surface area (Å²) in [7, 11) is 0. The first-order valence-electron chi connectivity index (χ1n) is 10.6. The number of imide groups is 1. The molecular formula is C26H25N3O3. The average molecular weight is 428 g/mol. The van der Waals surface area contributed by atoms with Crippen LogP contribution in [0, 0.1) is 0 Å². The van der Waals surface area contributed by atoms with Crippen LogP contribution in [0.5, 0.6) is 0 Å². The molecule has 1 atom stereocenters. The van der Waals surface area contributed by atoms with Crippen LogP contribution in [0.4, 0.5) is 4.79 Å². The molecule has 0 bridgehead atoms. The summed E-state index contributed by atoms with van der Waals surface area (Å²) in [6.45, 7) is 1.69. The molecule has 3 aromatic carbocycles. The van der Waals surface area contributed by atoms with Crippen molar-refractivity contribution < 1.29 is 14.4 Å². The highest BCUT2D eigenvalue weighted by atomic mass is 16.2. The molecule has 1 aliphatic heterocycles. The van der Waals surface area contributed by atoms with Crippen molar-refractivity contribution in [2.45, 2.75) is 31.2 Å². The summed E-state index contributed by atoms with van der Waals surface area (Å²) in [5, 5.41) is 3.56. The van der Waals surface area contributed by atoms with E-state index in [2.05, 4.69) is 10.7 Å². The third kappa shape index (κ3) is 4.39. The molecule has 162 valence electrons. The summed E-state index contributed by atoms with van der Waals surface area (Å²) in [6, 6.07) is 27.7.